The molecule has 4 nitrogen and oxygen atoms in total. The van der Waals surface area contributed by atoms with Gasteiger partial charge in [0.1, 0.15) is 0 Å². The largest absolute Gasteiger partial charge is 0.433 e. The lowest BCUT2D eigenvalue weighted by molar-refractivity contribution is -0.142. The van der Waals surface area contributed by atoms with Crippen molar-refractivity contribution in [3.05, 3.63) is 125 Å². The minimum Gasteiger partial charge on any atom is -0.388 e. The van der Waals surface area contributed by atoms with Gasteiger partial charge in [0.2, 0.25) is 0 Å². The highest BCUT2D eigenvalue weighted by Gasteiger charge is 2.37. The maximum atomic E-state index is 13.9. The number of pyridine rings is 1. The van der Waals surface area contributed by atoms with Gasteiger partial charge in [-0.2, -0.15) is 39.8 Å². The number of piperazine rings is 1. The third-order valence-corrected chi connectivity index (χ3v) is 8.52. The SMILES string of the molecule is O[C@H](CCCCCN1CCN(C(c2ccccc2)c2ccccc2)CC1)c1ccc(-c2ccc(C(F)(F)F)cc2)nc1C(F)(F)F.S. The van der Waals surface area contributed by atoms with Crippen LogP contribution in [0.3, 0.4) is 0 Å². The molecule has 0 aliphatic carbocycles. The molecule has 252 valence electrons. The van der Waals surface area contributed by atoms with E-state index in [9.17, 15) is 31.4 Å². The van der Waals surface area contributed by atoms with Gasteiger partial charge in [0.05, 0.1) is 23.4 Å². The van der Waals surface area contributed by atoms with Gasteiger partial charge in [-0.1, -0.05) is 91.7 Å². The number of hydrogen-bond donors (Lipinski definition) is 1. The molecule has 1 N–H and O–H groups in total. The van der Waals surface area contributed by atoms with E-state index in [1.165, 1.54) is 23.3 Å². The molecule has 11 heteroatoms. The maximum Gasteiger partial charge on any atom is 0.433 e. The molecule has 0 spiro atoms. The highest BCUT2D eigenvalue weighted by atomic mass is 32.1. The van der Waals surface area contributed by atoms with E-state index in [2.05, 4.69) is 63.3 Å². The Labute approximate surface area is 278 Å². The van der Waals surface area contributed by atoms with Crippen LogP contribution in [0, 0.1) is 0 Å². The van der Waals surface area contributed by atoms with Crippen LogP contribution in [0.4, 0.5) is 26.3 Å². The van der Waals surface area contributed by atoms with E-state index in [-0.39, 0.29) is 42.8 Å². The van der Waals surface area contributed by atoms with Crippen LogP contribution >= 0.6 is 13.5 Å². The van der Waals surface area contributed by atoms with Crippen molar-refractivity contribution in [2.45, 2.75) is 50.2 Å². The summed E-state index contributed by atoms with van der Waals surface area (Å²) in [5.74, 6) is 0. The number of unbranched alkanes of at least 4 members (excludes halogenated alkanes) is 2. The first-order chi connectivity index (χ1) is 22.0. The van der Waals surface area contributed by atoms with E-state index in [1.54, 1.807) is 0 Å². The van der Waals surface area contributed by atoms with Crippen LogP contribution < -0.4 is 0 Å². The van der Waals surface area contributed by atoms with Gasteiger partial charge in [-0.05, 0) is 48.7 Å². The molecular formula is C36H39F6N3OS. The molecule has 0 saturated carbocycles. The first-order valence-corrected chi connectivity index (χ1v) is 15.5. The molecule has 1 aliphatic rings. The molecule has 47 heavy (non-hydrogen) atoms. The Bertz CT molecular complexity index is 1490. The zero-order valence-electron chi connectivity index (χ0n) is 25.8. The Hall–Kier alpha value is -3.38. The summed E-state index contributed by atoms with van der Waals surface area (Å²) in [5, 5.41) is 10.7. The first-order valence-electron chi connectivity index (χ1n) is 15.5. The number of hydrogen-bond acceptors (Lipinski definition) is 4. The molecule has 0 radical (unpaired) electrons. The number of nitrogens with zero attached hydrogens (tertiary/aromatic N) is 3. The molecule has 2 heterocycles. The lowest BCUT2D eigenvalue weighted by Crippen LogP contribution is -2.48. The fourth-order valence-electron chi connectivity index (χ4n) is 6.09. The van der Waals surface area contributed by atoms with E-state index in [4.69, 9.17) is 0 Å². The van der Waals surface area contributed by atoms with Gasteiger partial charge in [0.15, 0.2) is 5.69 Å². The maximum absolute atomic E-state index is 13.9. The topological polar surface area (TPSA) is 39.6 Å². The zero-order valence-corrected chi connectivity index (χ0v) is 26.8. The van der Waals surface area contributed by atoms with Crippen molar-refractivity contribution in [1.82, 2.24) is 14.8 Å². The standard InChI is InChI=1S/C36H37F6N3O.H2S/c37-35(38,39)29-17-15-26(16-18-29)31-20-19-30(34(43-31)36(40,41)42)32(46)14-8-3-9-21-44-22-24-45(25-23-44)33(27-10-4-1-5-11-27)28-12-6-2-7-13-28;/h1-2,4-7,10-13,15-20,32-33,46H,3,8-9,14,21-25H2;1H2/t32-;/m1./s1. The monoisotopic (exact) mass is 675 g/mol. The minimum atomic E-state index is -4.83. The van der Waals surface area contributed by atoms with Gasteiger partial charge in [-0.25, -0.2) is 4.98 Å². The van der Waals surface area contributed by atoms with Gasteiger partial charge in [0.25, 0.3) is 0 Å². The number of benzene rings is 3. The van der Waals surface area contributed by atoms with E-state index in [1.807, 2.05) is 12.1 Å². The summed E-state index contributed by atoms with van der Waals surface area (Å²) in [4.78, 5) is 8.63. The molecule has 1 fully saturated rings. The van der Waals surface area contributed by atoms with Crippen LogP contribution in [0.2, 0.25) is 0 Å². The smallest absolute Gasteiger partial charge is 0.388 e. The Kier molecular flexibility index (Phi) is 12.5. The van der Waals surface area contributed by atoms with E-state index >= 15 is 0 Å². The van der Waals surface area contributed by atoms with Gasteiger partial charge >= 0.3 is 12.4 Å². The number of aliphatic hydroxyl groups is 1. The third kappa shape index (κ3) is 9.59. The molecule has 1 aromatic heterocycles. The Morgan fingerprint density at radius 2 is 1.23 bits per heavy atom. The second-order valence-corrected chi connectivity index (χ2v) is 11.7. The number of alkyl halides is 6. The van der Waals surface area contributed by atoms with Crippen molar-refractivity contribution in [1.29, 1.82) is 0 Å². The second kappa shape index (κ2) is 16.1. The van der Waals surface area contributed by atoms with Gasteiger partial charge in [0, 0.05) is 37.3 Å². The second-order valence-electron chi connectivity index (χ2n) is 11.7. The molecule has 0 bridgehead atoms. The predicted octanol–water partition coefficient (Wildman–Crippen LogP) is 8.90. The normalized spacial score (nSPS) is 15.4. The van der Waals surface area contributed by atoms with Crippen LogP contribution in [0.25, 0.3) is 11.3 Å². The van der Waals surface area contributed by atoms with Crippen molar-refractivity contribution in [2.75, 3.05) is 32.7 Å². The number of rotatable bonds is 11. The van der Waals surface area contributed by atoms with E-state index in [0.717, 1.165) is 69.8 Å². The van der Waals surface area contributed by atoms with Crippen molar-refractivity contribution in [2.24, 2.45) is 0 Å². The Morgan fingerprint density at radius 3 is 1.77 bits per heavy atom. The fraction of sp³-hybridized carbons (Fsp3) is 0.361. The molecule has 1 atom stereocenters. The Balaban J connectivity index is 0.00000500. The van der Waals surface area contributed by atoms with Crippen molar-refractivity contribution < 1.29 is 31.4 Å². The highest BCUT2D eigenvalue weighted by Crippen LogP contribution is 2.37. The highest BCUT2D eigenvalue weighted by molar-refractivity contribution is 7.59. The summed E-state index contributed by atoms with van der Waals surface area (Å²) in [6.45, 7) is 4.56. The summed E-state index contributed by atoms with van der Waals surface area (Å²) < 4.78 is 80.4. The molecular weight excluding hydrogens is 636 g/mol. The van der Waals surface area contributed by atoms with Gasteiger partial charge in [-0.15, -0.1) is 0 Å². The van der Waals surface area contributed by atoms with E-state index < -0.39 is 29.7 Å². The average Bonchev–Trinajstić information content (AvgIpc) is 3.05. The lowest BCUT2D eigenvalue weighted by Gasteiger charge is -2.40. The van der Waals surface area contributed by atoms with Crippen LogP contribution in [-0.2, 0) is 12.4 Å². The predicted molar refractivity (Wildman–Crippen MR) is 176 cm³/mol. The van der Waals surface area contributed by atoms with Crippen LogP contribution in [0.1, 0.15) is 65.8 Å². The van der Waals surface area contributed by atoms with Crippen LogP contribution in [0.5, 0.6) is 0 Å². The molecule has 0 unspecified atom stereocenters. The summed E-state index contributed by atoms with van der Waals surface area (Å²) in [6.07, 6.45) is -8.43. The van der Waals surface area contributed by atoms with Crippen LogP contribution in [-0.4, -0.2) is 52.6 Å². The molecule has 4 aromatic rings. The molecule has 3 aromatic carbocycles. The third-order valence-electron chi connectivity index (χ3n) is 8.52. The lowest BCUT2D eigenvalue weighted by atomic mass is 9.96. The van der Waals surface area contributed by atoms with Crippen molar-refractivity contribution >= 4 is 13.5 Å². The molecule has 1 aliphatic heterocycles. The summed E-state index contributed by atoms with van der Waals surface area (Å²) >= 11 is 0. The quantitative estimate of drug-likeness (QED) is 0.127. The summed E-state index contributed by atoms with van der Waals surface area (Å²) in [7, 11) is 0. The minimum absolute atomic E-state index is 0. The molecule has 1 saturated heterocycles. The molecule has 5 rings (SSSR count). The van der Waals surface area contributed by atoms with Gasteiger partial charge in [-0.3, -0.25) is 4.90 Å². The number of aromatic nitrogens is 1. The molecule has 0 amide bonds. The number of aliphatic hydroxyl groups excluding tert-OH is 1. The van der Waals surface area contributed by atoms with Crippen LogP contribution in [0.15, 0.2) is 97.1 Å². The number of halogens is 6. The average molecular weight is 676 g/mol. The first kappa shape index (κ1) is 36.5. The van der Waals surface area contributed by atoms with Crippen molar-refractivity contribution in [3.63, 3.8) is 0 Å². The van der Waals surface area contributed by atoms with Gasteiger partial charge < -0.3 is 10.0 Å². The summed E-state index contributed by atoms with van der Waals surface area (Å²) in [5.41, 5.74) is 0.0798. The zero-order chi connectivity index (χ0) is 32.7. The summed E-state index contributed by atoms with van der Waals surface area (Å²) in [6, 6.07) is 27.4. The Morgan fingerprint density at radius 1 is 0.660 bits per heavy atom. The van der Waals surface area contributed by atoms with Crippen molar-refractivity contribution in [3.8, 4) is 11.3 Å². The van der Waals surface area contributed by atoms with E-state index in [0.29, 0.717) is 6.42 Å². The fourth-order valence-corrected chi connectivity index (χ4v) is 6.09.